The van der Waals surface area contributed by atoms with Gasteiger partial charge in [0.25, 0.3) is 0 Å². The van der Waals surface area contributed by atoms with Crippen molar-refractivity contribution in [2.45, 2.75) is 25.9 Å². The lowest BCUT2D eigenvalue weighted by molar-refractivity contribution is 0.138. The fourth-order valence-electron chi connectivity index (χ4n) is 3.62. The summed E-state index contributed by atoms with van der Waals surface area (Å²) in [6.45, 7) is 8.53. The smallest absolute Gasteiger partial charge is 0.317 e. The normalized spacial score (nSPS) is 15.1. The Labute approximate surface area is 177 Å². The zero-order chi connectivity index (χ0) is 21.5. The molecule has 5 nitrogen and oxygen atoms in total. The molecular formula is C23H30F2N4O. The first-order valence-corrected chi connectivity index (χ1v) is 10.4. The predicted molar refractivity (Wildman–Crippen MR) is 114 cm³/mol. The summed E-state index contributed by atoms with van der Waals surface area (Å²) < 4.78 is 26.7. The van der Waals surface area contributed by atoms with E-state index >= 15 is 0 Å². The first-order chi connectivity index (χ1) is 14.4. The van der Waals surface area contributed by atoms with Crippen LogP contribution in [-0.2, 0) is 0 Å². The van der Waals surface area contributed by atoms with E-state index in [-0.39, 0.29) is 29.7 Å². The third-order valence-electron chi connectivity index (χ3n) is 5.25. The number of urea groups is 1. The standard InChI is InChI=1S/C23H30F2N4O/c1-17(2)27-23(30)29-15-13-28(14-16-29)12-11-26-22(18-3-7-20(24)8-4-18)19-5-9-21(25)10-6-19/h3-10,17,22,26H,11-16H2,1-2H3,(H,27,30). The second-order valence-electron chi connectivity index (χ2n) is 7.92. The Morgan fingerprint density at radius 3 is 1.87 bits per heavy atom. The van der Waals surface area contributed by atoms with E-state index in [4.69, 9.17) is 0 Å². The maximum absolute atomic E-state index is 13.3. The SMILES string of the molecule is CC(C)NC(=O)N1CCN(CCNC(c2ccc(F)cc2)c2ccc(F)cc2)CC1. The summed E-state index contributed by atoms with van der Waals surface area (Å²) in [5, 5.41) is 6.45. The number of hydrogen-bond donors (Lipinski definition) is 2. The summed E-state index contributed by atoms with van der Waals surface area (Å²) >= 11 is 0. The van der Waals surface area contributed by atoms with Crippen molar-refractivity contribution in [3.63, 3.8) is 0 Å². The Morgan fingerprint density at radius 1 is 0.900 bits per heavy atom. The van der Waals surface area contributed by atoms with Crippen LogP contribution in [-0.4, -0.2) is 61.1 Å². The monoisotopic (exact) mass is 416 g/mol. The molecule has 30 heavy (non-hydrogen) atoms. The van der Waals surface area contributed by atoms with E-state index in [0.29, 0.717) is 13.1 Å². The Hall–Kier alpha value is -2.51. The van der Waals surface area contributed by atoms with Crippen LogP contribution in [0, 0.1) is 11.6 Å². The molecule has 0 spiro atoms. The fourth-order valence-corrected chi connectivity index (χ4v) is 3.62. The summed E-state index contributed by atoms with van der Waals surface area (Å²) in [5.41, 5.74) is 1.86. The van der Waals surface area contributed by atoms with Gasteiger partial charge >= 0.3 is 6.03 Å². The van der Waals surface area contributed by atoms with Crippen LogP contribution in [0.1, 0.15) is 31.0 Å². The van der Waals surface area contributed by atoms with E-state index in [1.165, 1.54) is 24.3 Å². The van der Waals surface area contributed by atoms with E-state index in [1.807, 2.05) is 18.7 Å². The van der Waals surface area contributed by atoms with Gasteiger partial charge in [0.05, 0.1) is 6.04 Å². The number of piperazine rings is 1. The lowest BCUT2D eigenvalue weighted by Gasteiger charge is -2.35. The quantitative estimate of drug-likeness (QED) is 0.728. The number of hydrogen-bond acceptors (Lipinski definition) is 3. The van der Waals surface area contributed by atoms with Gasteiger partial charge in [0.1, 0.15) is 11.6 Å². The Morgan fingerprint density at radius 2 is 1.40 bits per heavy atom. The molecule has 2 aromatic rings. The minimum Gasteiger partial charge on any atom is -0.336 e. The fraction of sp³-hybridized carbons (Fsp3) is 0.435. The second kappa shape index (κ2) is 10.5. The molecule has 0 atom stereocenters. The van der Waals surface area contributed by atoms with Crippen molar-refractivity contribution < 1.29 is 13.6 Å². The summed E-state index contributed by atoms with van der Waals surface area (Å²) in [4.78, 5) is 16.3. The minimum absolute atomic E-state index is 0.00420. The highest BCUT2D eigenvalue weighted by molar-refractivity contribution is 5.74. The summed E-state index contributed by atoms with van der Waals surface area (Å²) in [6, 6.07) is 12.7. The topological polar surface area (TPSA) is 47.6 Å². The predicted octanol–water partition coefficient (Wildman–Crippen LogP) is 3.38. The van der Waals surface area contributed by atoms with E-state index < -0.39 is 0 Å². The largest absolute Gasteiger partial charge is 0.336 e. The van der Waals surface area contributed by atoms with Crippen LogP contribution in [0.4, 0.5) is 13.6 Å². The van der Waals surface area contributed by atoms with Crippen molar-refractivity contribution in [1.29, 1.82) is 0 Å². The summed E-state index contributed by atoms with van der Waals surface area (Å²) in [6.07, 6.45) is 0. The molecule has 1 aliphatic heterocycles. The van der Waals surface area contributed by atoms with Gasteiger partial charge in [-0.15, -0.1) is 0 Å². The third-order valence-corrected chi connectivity index (χ3v) is 5.25. The number of halogens is 2. The van der Waals surface area contributed by atoms with Crippen molar-refractivity contribution in [3.8, 4) is 0 Å². The molecule has 3 rings (SSSR count). The highest BCUT2D eigenvalue weighted by Gasteiger charge is 2.21. The second-order valence-corrected chi connectivity index (χ2v) is 7.92. The van der Waals surface area contributed by atoms with Crippen LogP contribution in [0.2, 0.25) is 0 Å². The molecule has 1 heterocycles. The summed E-state index contributed by atoms with van der Waals surface area (Å²) in [5.74, 6) is -0.563. The average Bonchev–Trinajstić information content (AvgIpc) is 2.73. The molecule has 0 aromatic heterocycles. The lowest BCUT2D eigenvalue weighted by atomic mass is 9.98. The summed E-state index contributed by atoms with van der Waals surface area (Å²) in [7, 11) is 0. The molecule has 0 aliphatic carbocycles. The number of nitrogens with zero attached hydrogens (tertiary/aromatic N) is 2. The molecular weight excluding hydrogens is 386 g/mol. The van der Waals surface area contributed by atoms with Gasteiger partial charge < -0.3 is 15.5 Å². The maximum atomic E-state index is 13.3. The molecule has 2 N–H and O–H groups in total. The maximum Gasteiger partial charge on any atom is 0.317 e. The van der Waals surface area contributed by atoms with Gasteiger partial charge in [-0.2, -0.15) is 0 Å². The first kappa shape index (κ1) is 22.2. The zero-order valence-corrected chi connectivity index (χ0v) is 17.6. The minimum atomic E-state index is -0.281. The van der Waals surface area contributed by atoms with Crippen molar-refractivity contribution >= 4 is 6.03 Å². The number of benzene rings is 2. The van der Waals surface area contributed by atoms with Gasteiger partial charge in [-0.1, -0.05) is 24.3 Å². The Balaban J connectivity index is 1.54. The highest BCUT2D eigenvalue weighted by atomic mass is 19.1. The molecule has 162 valence electrons. The molecule has 0 saturated carbocycles. The van der Waals surface area contributed by atoms with Gasteiger partial charge in [0.2, 0.25) is 0 Å². The van der Waals surface area contributed by atoms with E-state index in [2.05, 4.69) is 15.5 Å². The molecule has 1 aliphatic rings. The Kier molecular flexibility index (Phi) is 7.76. The number of carbonyl (C=O) groups excluding carboxylic acids is 1. The molecule has 1 fully saturated rings. The van der Waals surface area contributed by atoms with Gasteiger partial charge in [0.15, 0.2) is 0 Å². The Bertz CT molecular complexity index is 757. The van der Waals surface area contributed by atoms with Crippen molar-refractivity contribution in [2.75, 3.05) is 39.3 Å². The lowest BCUT2D eigenvalue weighted by Crippen LogP contribution is -2.53. The van der Waals surface area contributed by atoms with Crippen molar-refractivity contribution in [3.05, 3.63) is 71.3 Å². The molecule has 0 radical (unpaired) electrons. The number of carbonyl (C=O) groups is 1. The van der Waals surface area contributed by atoms with Gasteiger partial charge in [0, 0.05) is 45.3 Å². The number of rotatable bonds is 7. The first-order valence-electron chi connectivity index (χ1n) is 10.4. The van der Waals surface area contributed by atoms with Crippen molar-refractivity contribution in [1.82, 2.24) is 20.4 Å². The third kappa shape index (κ3) is 6.24. The van der Waals surface area contributed by atoms with Crippen molar-refractivity contribution in [2.24, 2.45) is 0 Å². The van der Waals surface area contributed by atoms with E-state index in [0.717, 1.165) is 37.3 Å². The molecule has 0 unspecified atom stereocenters. The van der Waals surface area contributed by atoms with Crippen LogP contribution >= 0.6 is 0 Å². The van der Waals surface area contributed by atoms with Crippen LogP contribution < -0.4 is 10.6 Å². The van der Waals surface area contributed by atoms with Crippen LogP contribution in [0.25, 0.3) is 0 Å². The van der Waals surface area contributed by atoms with Gasteiger partial charge in [-0.25, -0.2) is 13.6 Å². The highest BCUT2D eigenvalue weighted by Crippen LogP contribution is 2.22. The number of amides is 2. The molecule has 1 saturated heterocycles. The average molecular weight is 417 g/mol. The van der Waals surface area contributed by atoms with Crippen LogP contribution in [0.5, 0.6) is 0 Å². The molecule has 0 bridgehead atoms. The van der Waals surface area contributed by atoms with Gasteiger partial charge in [-0.3, -0.25) is 4.90 Å². The van der Waals surface area contributed by atoms with Gasteiger partial charge in [-0.05, 0) is 49.2 Å². The number of nitrogens with one attached hydrogen (secondary N) is 2. The van der Waals surface area contributed by atoms with Crippen LogP contribution in [0.3, 0.4) is 0 Å². The molecule has 2 amide bonds. The molecule has 2 aromatic carbocycles. The molecule has 7 heteroatoms. The zero-order valence-electron chi connectivity index (χ0n) is 17.6. The van der Waals surface area contributed by atoms with Crippen LogP contribution in [0.15, 0.2) is 48.5 Å². The van der Waals surface area contributed by atoms with E-state index in [1.54, 1.807) is 24.3 Å². The van der Waals surface area contributed by atoms with E-state index in [9.17, 15) is 13.6 Å².